The van der Waals surface area contributed by atoms with E-state index in [1.54, 1.807) is 6.07 Å². The standard InChI is InChI=1S/C14H16N4O/c1-9-4-2-7-12(16-9)14(19)15-8-13-10-5-3-6-11(10)17-18-13/h2,4,7H,3,5-6,8H2,1H3,(H,15,19)(H,17,18). The van der Waals surface area contributed by atoms with Gasteiger partial charge in [0.15, 0.2) is 0 Å². The molecule has 0 fully saturated rings. The second-order valence-corrected chi connectivity index (χ2v) is 4.83. The molecule has 1 amide bonds. The average Bonchev–Trinajstić information content (AvgIpc) is 2.99. The molecule has 0 aliphatic heterocycles. The quantitative estimate of drug-likeness (QED) is 0.875. The first-order chi connectivity index (χ1) is 9.24. The lowest BCUT2D eigenvalue weighted by Gasteiger charge is -2.04. The van der Waals surface area contributed by atoms with Gasteiger partial charge >= 0.3 is 0 Å². The Morgan fingerprint density at radius 3 is 3.16 bits per heavy atom. The molecule has 0 aromatic carbocycles. The molecule has 1 aliphatic rings. The molecule has 0 atom stereocenters. The highest BCUT2D eigenvalue weighted by atomic mass is 16.1. The molecule has 0 radical (unpaired) electrons. The fourth-order valence-electron chi connectivity index (χ4n) is 2.46. The molecule has 3 rings (SSSR count). The number of hydrogen-bond acceptors (Lipinski definition) is 3. The summed E-state index contributed by atoms with van der Waals surface area (Å²) in [5.41, 5.74) is 4.74. The van der Waals surface area contributed by atoms with Gasteiger partial charge in [0.25, 0.3) is 5.91 Å². The number of carbonyl (C=O) groups excluding carboxylic acids is 1. The van der Waals surface area contributed by atoms with E-state index in [4.69, 9.17) is 0 Å². The van der Waals surface area contributed by atoms with Gasteiger partial charge in [-0.2, -0.15) is 5.10 Å². The van der Waals surface area contributed by atoms with Crippen molar-refractivity contribution in [1.29, 1.82) is 0 Å². The number of hydrogen-bond donors (Lipinski definition) is 2. The van der Waals surface area contributed by atoms with E-state index < -0.39 is 0 Å². The highest BCUT2D eigenvalue weighted by molar-refractivity contribution is 5.92. The number of aromatic amines is 1. The second kappa shape index (κ2) is 4.84. The van der Waals surface area contributed by atoms with Crippen LogP contribution in [0.1, 0.15) is 39.6 Å². The van der Waals surface area contributed by atoms with Gasteiger partial charge in [-0.3, -0.25) is 9.89 Å². The largest absolute Gasteiger partial charge is 0.345 e. The maximum absolute atomic E-state index is 12.0. The van der Waals surface area contributed by atoms with E-state index in [-0.39, 0.29) is 5.91 Å². The summed E-state index contributed by atoms with van der Waals surface area (Å²) >= 11 is 0. The van der Waals surface area contributed by atoms with Crippen LogP contribution >= 0.6 is 0 Å². The zero-order valence-electron chi connectivity index (χ0n) is 10.9. The average molecular weight is 256 g/mol. The molecule has 0 saturated heterocycles. The summed E-state index contributed by atoms with van der Waals surface area (Å²) in [5, 5.41) is 10.2. The first-order valence-corrected chi connectivity index (χ1v) is 6.51. The van der Waals surface area contributed by atoms with Gasteiger partial charge in [-0.05, 0) is 43.9 Å². The number of pyridine rings is 1. The highest BCUT2D eigenvalue weighted by Crippen LogP contribution is 2.22. The summed E-state index contributed by atoms with van der Waals surface area (Å²) in [6.07, 6.45) is 3.29. The Hall–Kier alpha value is -2.17. The van der Waals surface area contributed by atoms with Crippen molar-refractivity contribution in [3.63, 3.8) is 0 Å². The van der Waals surface area contributed by atoms with Gasteiger partial charge in [0.05, 0.1) is 12.2 Å². The molecule has 2 aromatic heterocycles. The van der Waals surface area contributed by atoms with Crippen molar-refractivity contribution in [3.05, 3.63) is 46.5 Å². The molecular weight excluding hydrogens is 240 g/mol. The molecule has 1 aliphatic carbocycles. The molecule has 0 spiro atoms. The first-order valence-electron chi connectivity index (χ1n) is 6.51. The van der Waals surface area contributed by atoms with Crippen LogP contribution in [0.2, 0.25) is 0 Å². The van der Waals surface area contributed by atoms with Crippen molar-refractivity contribution in [2.75, 3.05) is 0 Å². The summed E-state index contributed by atoms with van der Waals surface area (Å²) in [6.45, 7) is 2.33. The van der Waals surface area contributed by atoms with Crippen molar-refractivity contribution in [3.8, 4) is 0 Å². The number of rotatable bonds is 3. The topological polar surface area (TPSA) is 70.7 Å². The van der Waals surface area contributed by atoms with Crippen LogP contribution in [0.5, 0.6) is 0 Å². The maximum Gasteiger partial charge on any atom is 0.270 e. The molecule has 0 bridgehead atoms. The lowest BCUT2D eigenvalue weighted by molar-refractivity contribution is 0.0945. The molecule has 98 valence electrons. The number of fused-ring (bicyclic) bond motifs is 1. The summed E-state index contributed by atoms with van der Waals surface area (Å²) in [6, 6.07) is 5.43. The summed E-state index contributed by atoms with van der Waals surface area (Å²) in [5.74, 6) is -0.154. The zero-order chi connectivity index (χ0) is 13.2. The molecule has 2 heterocycles. The third-order valence-electron chi connectivity index (χ3n) is 3.43. The number of amides is 1. The number of nitrogens with one attached hydrogen (secondary N) is 2. The predicted molar refractivity (Wildman–Crippen MR) is 70.8 cm³/mol. The second-order valence-electron chi connectivity index (χ2n) is 4.83. The van der Waals surface area contributed by atoms with Crippen LogP contribution in [0, 0.1) is 6.92 Å². The Balaban J connectivity index is 1.67. The van der Waals surface area contributed by atoms with Gasteiger partial charge in [-0.1, -0.05) is 6.07 Å². The number of carbonyl (C=O) groups is 1. The van der Waals surface area contributed by atoms with Crippen molar-refractivity contribution in [2.24, 2.45) is 0 Å². The Labute approximate surface area is 111 Å². The first kappa shape index (κ1) is 11.9. The molecule has 5 heteroatoms. The van der Waals surface area contributed by atoms with Crippen LogP contribution in [0.25, 0.3) is 0 Å². The number of aryl methyl sites for hydroxylation is 2. The van der Waals surface area contributed by atoms with Gasteiger partial charge in [0.1, 0.15) is 5.69 Å². The van der Waals surface area contributed by atoms with Gasteiger partial charge < -0.3 is 5.32 Å². The molecule has 2 N–H and O–H groups in total. The van der Waals surface area contributed by atoms with Crippen LogP contribution < -0.4 is 5.32 Å². The molecule has 0 unspecified atom stereocenters. The van der Waals surface area contributed by atoms with E-state index in [1.807, 2.05) is 19.1 Å². The van der Waals surface area contributed by atoms with E-state index >= 15 is 0 Å². The van der Waals surface area contributed by atoms with Gasteiger partial charge in [0, 0.05) is 11.4 Å². The summed E-state index contributed by atoms with van der Waals surface area (Å²) in [7, 11) is 0. The van der Waals surface area contributed by atoms with Crippen LogP contribution in [-0.2, 0) is 19.4 Å². The monoisotopic (exact) mass is 256 g/mol. The molecule has 2 aromatic rings. The van der Waals surface area contributed by atoms with Crippen molar-refractivity contribution >= 4 is 5.91 Å². The van der Waals surface area contributed by atoms with Gasteiger partial charge in [-0.15, -0.1) is 0 Å². The lowest BCUT2D eigenvalue weighted by atomic mass is 10.2. The number of nitrogens with zero attached hydrogens (tertiary/aromatic N) is 2. The zero-order valence-corrected chi connectivity index (χ0v) is 10.9. The Morgan fingerprint density at radius 2 is 2.32 bits per heavy atom. The minimum absolute atomic E-state index is 0.154. The summed E-state index contributed by atoms with van der Waals surface area (Å²) in [4.78, 5) is 16.2. The normalized spacial score (nSPS) is 13.3. The van der Waals surface area contributed by atoms with Crippen molar-refractivity contribution < 1.29 is 4.79 Å². The smallest absolute Gasteiger partial charge is 0.270 e. The van der Waals surface area contributed by atoms with Gasteiger partial charge in [0.2, 0.25) is 0 Å². The van der Waals surface area contributed by atoms with E-state index in [0.29, 0.717) is 12.2 Å². The fourth-order valence-corrected chi connectivity index (χ4v) is 2.46. The molecule has 5 nitrogen and oxygen atoms in total. The van der Waals surface area contributed by atoms with E-state index in [0.717, 1.165) is 24.2 Å². The SMILES string of the molecule is Cc1cccc(C(=O)NCc2n[nH]c3c2CCC3)n1. The van der Waals surface area contributed by atoms with E-state index in [2.05, 4.69) is 20.5 Å². The number of aromatic nitrogens is 3. The summed E-state index contributed by atoms with van der Waals surface area (Å²) < 4.78 is 0. The molecule has 19 heavy (non-hydrogen) atoms. The third-order valence-corrected chi connectivity index (χ3v) is 3.43. The van der Waals surface area contributed by atoms with Crippen molar-refractivity contribution in [1.82, 2.24) is 20.5 Å². The van der Waals surface area contributed by atoms with Crippen LogP contribution in [-0.4, -0.2) is 21.1 Å². The van der Waals surface area contributed by atoms with E-state index in [9.17, 15) is 4.79 Å². The third kappa shape index (κ3) is 2.36. The van der Waals surface area contributed by atoms with Crippen LogP contribution in [0.4, 0.5) is 0 Å². The fraction of sp³-hybridized carbons (Fsp3) is 0.357. The maximum atomic E-state index is 12.0. The van der Waals surface area contributed by atoms with E-state index in [1.165, 1.54) is 17.7 Å². The molecular formula is C14H16N4O. The minimum Gasteiger partial charge on any atom is -0.345 e. The molecule has 0 saturated carbocycles. The van der Waals surface area contributed by atoms with Crippen molar-refractivity contribution in [2.45, 2.75) is 32.7 Å². The Morgan fingerprint density at radius 1 is 1.42 bits per heavy atom. The van der Waals surface area contributed by atoms with Crippen LogP contribution in [0.3, 0.4) is 0 Å². The number of H-pyrrole nitrogens is 1. The minimum atomic E-state index is -0.154. The lowest BCUT2D eigenvalue weighted by Crippen LogP contribution is -2.24. The highest BCUT2D eigenvalue weighted by Gasteiger charge is 2.18. The van der Waals surface area contributed by atoms with Gasteiger partial charge in [-0.25, -0.2) is 4.98 Å². The Kier molecular flexibility index (Phi) is 3.03. The van der Waals surface area contributed by atoms with Crippen LogP contribution in [0.15, 0.2) is 18.2 Å². The predicted octanol–water partition coefficient (Wildman–Crippen LogP) is 1.53. The Bertz CT molecular complexity index is 618.